The van der Waals surface area contributed by atoms with Gasteiger partial charge in [0.1, 0.15) is 0 Å². The van der Waals surface area contributed by atoms with Gasteiger partial charge in [-0.15, -0.1) is 0 Å². The molecule has 0 radical (unpaired) electrons. The van der Waals surface area contributed by atoms with Crippen molar-refractivity contribution in [2.24, 2.45) is 0 Å². The third-order valence-corrected chi connectivity index (χ3v) is 11.4. The smallest absolute Gasteiger partial charge is 0.335 e. The number of nitrogens with zero attached hydrogens (tertiary/aromatic N) is 2. The summed E-state index contributed by atoms with van der Waals surface area (Å²) < 4.78 is 31.8. The maximum Gasteiger partial charge on any atom is 0.335 e. The number of aromatic nitrogens is 1. The lowest BCUT2D eigenvalue weighted by Gasteiger charge is -2.25. The van der Waals surface area contributed by atoms with Crippen LogP contribution in [0.1, 0.15) is 44.3 Å². The third-order valence-electron chi connectivity index (χ3n) is 8.96. The molecule has 1 aromatic heterocycles. The van der Waals surface area contributed by atoms with Gasteiger partial charge in [-0.1, -0.05) is 108 Å². The average molecular weight is 761 g/mol. The van der Waals surface area contributed by atoms with Crippen LogP contribution in [0, 0.1) is 0 Å². The van der Waals surface area contributed by atoms with E-state index in [9.17, 15) is 18.3 Å². The number of carboxylic acids is 1. The molecule has 0 fully saturated rings. The summed E-state index contributed by atoms with van der Waals surface area (Å²) in [6, 6.07) is 37.7. The molecular formula is C40H36Cl3N3O4S. The summed E-state index contributed by atoms with van der Waals surface area (Å²) >= 11 is 19.3. The van der Waals surface area contributed by atoms with Crippen molar-refractivity contribution in [3.05, 3.63) is 170 Å². The van der Waals surface area contributed by atoms with E-state index in [-0.39, 0.29) is 23.9 Å². The SMILES string of the molecule is CN(CCc1c(CCNS(=O)(=O)Cc2ccc(Cl)c(Cl)c2)n(C(c2ccccc2)c2ccccc2)c2cccc(Cl)c12)c1ccc(C(=O)O)cc1. The quantitative estimate of drug-likeness (QED) is 0.116. The van der Waals surface area contributed by atoms with Gasteiger partial charge in [-0.25, -0.2) is 17.9 Å². The number of hydrogen-bond acceptors (Lipinski definition) is 4. The number of fused-ring (bicyclic) bond motifs is 1. The Bertz CT molecular complexity index is 2220. The third kappa shape index (κ3) is 8.43. The van der Waals surface area contributed by atoms with E-state index in [1.807, 2.05) is 55.6 Å². The molecule has 0 atom stereocenters. The van der Waals surface area contributed by atoms with Crippen LogP contribution in [0.15, 0.2) is 121 Å². The molecule has 2 N–H and O–H groups in total. The summed E-state index contributed by atoms with van der Waals surface area (Å²) in [4.78, 5) is 13.5. The molecular weight excluding hydrogens is 725 g/mol. The number of anilines is 1. The van der Waals surface area contributed by atoms with Gasteiger partial charge >= 0.3 is 5.97 Å². The molecule has 262 valence electrons. The maximum atomic E-state index is 13.3. The zero-order valence-electron chi connectivity index (χ0n) is 27.8. The van der Waals surface area contributed by atoms with E-state index in [4.69, 9.17) is 34.8 Å². The first-order chi connectivity index (χ1) is 24.5. The van der Waals surface area contributed by atoms with E-state index in [2.05, 4.69) is 44.5 Å². The first kappa shape index (κ1) is 36.5. The molecule has 6 aromatic rings. The Morgan fingerprint density at radius 3 is 2.04 bits per heavy atom. The maximum absolute atomic E-state index is 13.3. The predicted molar refractivity (Wildman–Crippen MR) is 208 cm³/mol. The van der Waals surface area contributed by atoms with Gasteiger partial charge in [-0.2, -0.15) is 0 Å². The zero-order chi connectivity index (χ0) is 36.1. The van der Waals surface area contributed by atoms with Crippen molar-refractivity contribution in [1.29, 1.82) is 0 Å². The highest BCUT2D eigenvalue weighted by Crippen LogP contribution is 2.39. The Hall–Kier alpha value is -4.31. The Morgan fingerprint density at radius 1 is 0.784 bits per heavy atom. The van der Waals surface area contributed by atoms with Crippen LogP contribution in [0.5, 0.6) is 0 Å². The first-order valence-corrected chi connectivity index (χ1v) is 19.2. The van der Waals surface area contributed by atoms with Gasteiger partial charge in [-0.05, 0) is 77.2 Å². The van der Waals surface area contributed by atoms with Crippen LogP contribution in [-0.2, 0) is 28.6 Å². The molecule has 0 amide bonds. The van der Waals surface area contributed by atoms with E-state index >= 15 is 0 Å². The van der Waals surface area contributed by atoms with Gasteiger partial charge in [-0.3, -0.25) is 0 Å². The molecule has 0 aliphatic carbocycles. The molecule has 0 unspecified atom stereocenters. The van der Waals surface area contributed by atoms with E-state index in [0.717, 1.165) is 39.0 Å². The highest BCUT2D eigenvalue weighted by atomic mass is 35.5. The van der Waals surface area contributed by atoms with Crippen molar-refractivity contribution in [2.75, 3.05) is 25.0 Å². The predicted octanol–water partition coefficient (Wildman–Crippen LogP) is 9.28. The van der Waals surface area contributed by atoms with E-state index in [1.165, 1.54) is 0 Å². The standard InChI is InChI=1S/C40H36Cl3N3O4S/c1-45(31-18-16-30(17-19-31)40(47)48)24-22-32-36(21-23-44-51(49,50)26-27-15-20-33(41)35(43)25-27)46(37-14-8-13-34(42)38(32)37)39(28-9-4-2-5-10-28)29-11-6-3-7-12-29/h2-20,25,39,44H,21-24,26H2,1H3,(H,47,48). The monoisotopic (exact) mass is 759 g/mol. The van der Waals surface area contributed by atoms with E-state index in [1.54, 1.807) is 42.5 Å². The van der Waals surface area contributed by atoms with Gasteiger partial charge in [0.15, 0.2) is 0 Å². The second kappa shape index (κ2) is 15.9. The largest absolute Gasteiger partial charge is 0.478 e. The number of benzene rings is 5. The van der Waals surface area contributed by atoms with Crippen molar-refractivity contribution < 1.29 is 18.3 Å². The summed E-state index contributed by atoms with van der Waals surface area (Å²) in [7, 11) is -1.77. The lowest BCUT2D eigenvalue weighted by Crippen LogP contribution is -2.28. The molecule has 1 heterocycles. The fourth-order valence-electron chi connectivity index (χ4n) is 6.54. The summed E-state index contributed by atoms with van der Waals surface area (Å²) in [5.74, 6) is -1.22. The molecule has 5 aromatic carbocycles. The molecule has 11 heteroatoms. The number of carboxylic acid groups (broad SMARTS) is 1. The van der Waals surface area contributed by atoms with Crippen LogP contribution in [0.4, 0.5) is 5.69 Å². The Labute approximate surface area is 313 Å². The second-order valence-corrected chi connectivity index (χ2v) is 15.4. The number of aromatic carboxylic acids is 1. The van der Waals surface area contributed by atoms with Crippen LogP contribution in [0.2, 0.25) is 15.1 Å². The van der Waals surface area contributed by atoms with Crippen LogP contribution in [0.25, 0.3) is 10.9 Å². The molecule has 0 spiro atoms. The normalized spacial score (nSPS) is 11.7. The van der Waals surface area contributed by atoms with E-state index < -0.39 is 16.0 Å². The molecule has 0 bridgehead atoms. The number of likely N-dealkylation sites (N-methyl/N-ethyl adjacent to an activating group) is 1. The van der Waals surface area contributed by atoms with Crippen molar-refractivity contribution in [3.8, 4) is 0 Å². The van der Waals surface area contributed by atoms with Crippen LogP contribution < -0.4 is 9.62 Å². The minimum Gasteiger partial charge on any atom is -0.478 e. The van der Waals surface area contributed by atoms with Crippen molar-refractivity contribution in [2.45, 2.75) is 24.6 Å². The lowest BCUT2D eigenvalue weighted by atomic mass is 9.97. The number of halogens is 3. The fourth-order valence-corrected chi connectivity index (χ4v) is 8.27. The fraction of sp³-hybridized carbons (Fsp3) is 0.175. The van der Waals surface area contributed by atoms with Crippen molar-refractivity contribution in [1.82, 2.24) is 9.29 Å². The van der Waals surface area contributed by atoms with Crippen LogP contribution in [0.3, 0.4) is 0 Å². The molecule has 51 heavy (non-hydrogen) atoms. The van der Waals surface area contributed by atoms with Crippen molar-refractivity contribution in [3.63, 3.8) is 0 Å². The molecule has 0 saturated carbocycles. The van der Waals surface area contributed by atoms with E-state index in [0.29, 0.717) is 40.0 Å². The van der Waals surface area contributed by atoms with Crippen LogP contribution in [-0.4, -0.2) is 44.2 Å². The average Bonchev–Trinajstić information content (AvgIpc) is 3.43. The molecule has 6 rings (SSSR count). The number of sulfonamides is 1. The molecule has 0 saturated heterocycles. The summed E-state index contributed by atoms with van der Waals surface area (Å²) in [6.45, 7) is 0.738. The first-order valence-electron chi connectivity index (χ1n) is 16.4. The summed E-state index contributed by atoms with van der Waals surface area (Å²) in [6.07, 6.45) is 0.972. The van der Waals surface area contributed by atoms with Crippen LogP contribution >= 0.6 is 34.8 Å². The van der Waals surface area contributed by atoms with Gasteiger partial charge in [0.05, 0.1) is 37.9 Å². The molecule has 0 aliphatic heterocycles. The van der Waals surface area contributed by atoms with Crippen molar-refractivity contribution >= 4 is 67.4 Å². The number of hydrogen-bond donors (Lipinski definition) is 2. The van der Waals surface area contributed by atoms with Gasteiger partial charge in [0.25, 0.3) is 0 Å². The Morgan fingerprint density at radius 2 is 1.43 bits per heavy atom. The molecule has 0 aliphatic rings. The minimum atomic E-state index is -3.73. The van der Waals surface area contributed by atoms with Gasteiger partial charge in [0, 0.05) is 43.3 Å². The Kier molecular flexibility index (Phi) is 11.4. The number of rotatable bonds is 14. The highest BCUT2D eigenvalue weighted by Gasteiger charge is 2.27. The van der Waals surface area contributed by atoms with Gasteiger partial charge in [0.2, 0.25) is 10.0 Å². The zero-order valence-corrected chi connectivity index (χ0v) is 30.9. The Balaban J connectivity index is 1.42. The lowest BCUT2D eigenvalue weighted by molar-refractivity contribution is 0.0697. The minimum absolute atomic E-state index is 0.146. The molecule has 7 nitrogen and oxygen atoms in total. The summed E-state index contributed by atoms with van der Waals surface area (Å²) in [5, 5.41) is 11.6. The van der Waals surface area contributed by atoms with Gasteiger partial charge < -0.3 is 14.6 Å². The number of nitrogens with one attached hydrogen (secondary N) is 1. The number of carbonyl (C=O) groups is 1. The highest BCUT2D eigenvalue weighted by molar-refractivity contribution is 7.88. The summed E-state index contributed by atoms with van der Waals surface area (Å²) in [5.41, 5.74) is 6.70. The topological polar surface area (TPSA) is 91.6 Å². The second-order valence-electron chi connectivity index (χ2n) is 12.3.